The van der Waals surface area contributed by atoms with Crippen molar-refractivity contribution in [2.24, 2.45) is 0 Å². The molecule has 0 aliphatic carbocycles. The maximum atomic E-state index is 4.30. The van der Waals surface area contributed by atoms with Crippen molar-refractivity contribution in [3.05, 3.63) is 18.2 Å². The van der Waals surface area contributed by atoms with Gasteiger partial charge in [-0.2, -0.15) is 0 Å². The van der Waals surface area contributed by atoms with E-state index < -0.39 is 0 Å². The molecule has 1 aliphatic rings. The molecule has 0 aromatic carbocycles. The number of piperidine rings is 1. The van der Waals surface area contributed by atoms with Gasteiger partial charge in [0.05, 0.1) is 12.0 Å². The second kappa shape index (κ2) is 6.17. The van der Waals surface area contributed by atoms with Gasteiger partial charge in [0.15, 0.2) is 0 Å². The van der Waals surface area contributed by atoms with Crippen LogP contribution in [0.1, 0.15) is 37.4 Å². The fourth-order valence-electron chi connectivity index (χ4n) is 2.47. The zero-order chi connectivity index (χ0) is 12.1. The molecule has 0 amide bonds. The molecule has 1 saturated heterocycles. The minimum Gasteiger partial charge on any atom is -0.333 e. The van der Waals surface area contributed by atoms with E-state index in [1.165, 1.54) is 31.4 Å². The van der Waals surface area contributed by atoms with Crippen molar-refractivity contribution < 1.29 is 0 Å². The molecule has 1 aromatic heterocycles. The molecule has 2 rings (SSSR count). The maximum Gasteiger partial charge on any atom is 0.0948 e. The third-order valence-electron chi connectivity index (χ3n) is 3.42. The van der Waals surface area contributed by atoms with Gasteiger partial charge in [0.25, 0.3) is 0 Å². The third kappa shape index (κ3) is 3.54. The van der Waals surface area contributed by atoms with Crippen molar-refractivity contribution in [2.75, 3.05) is 27.2 Å². The molecular formula is C13H24N4. The minimum atomic E-state index is 0.519. The number of aromatic nitrogens is 2. The van der Waals surface area contributed by atoms with Crippen LogP contribution in [0.5, 0.6) is 0 Å². The van der Waals surface area contributed by atoms with Gasteiger partial charge in [-0.1, -0.05) is 6.42 Å². The first kappa shape index (κ1) is 12.6. The summed E-state index contributed by atoms with van der Waals surface area (Å²) in [5.74, 6) is 0. The molecule has 1 N–H and O–H groups in total. The van der Waals surface area contributed by atoms with Gasteiger partial charge in [-0.15, -0.1) is 0 Å². The van der Waals surface area contributed by atoms with Crippen LogP contribution in [0, 0.1) is 0 Å². The van der Waals surface area contributed by atoms with Gasteiger partial charge in [0.1, 0.15) is 0 Å². The summed E-state index contributed by atoms with van der Waals surface area (Å²) in [6.07, 6.45) is 9.08. The van der Waals surface area contributed by atoms with Crippen molar-refractivity contribution in [3.63, 3.8) is 0 Å². The molecule has 1 unspecified atom stereocenters. The van der Waals surface area contributed by atoms with E-state index in [2.05, 4.69) is 33.9 Å². The molecule has 2 heterocycles. The summed E-state index contributed by atoms with van der Waals surface area (Å²) in [4.78, 5) is 6.54. The summed E-state index contributed by atoms with van der Waals surface area (Å²) >= 11 is 0. The lowest BCUT2D eigenvalue weighted by Crippen LogP contribution is -2.28. The zero-order valence-corrected chi connectivity index (χ0v) is 11.0. The first-order valence-electron chi connectivity index (χ1n) is 6.65. The van der Waals surface area contributed by atoms with E-state index >= 15 is 0 Å². The lowest BCUT2D eigenvalue weighted by atomic mass is 10.0. The lowest BCUT2D eigenvalue weighted by Gasteiger charge is -2.24. The highest BCUT2D eigenvalue weighted by molar-refractivity contribution is 5.06. The van der Waals surface area contributed by atoms with E-state index in [1.54, 1.807) is 0 Å². The Kier molecular flexibility index (Phi) is 4.57. The van der Waals surface area contributed by atoms with Crippen LogP contribution in [0.15, 0.2) is 12.5 Å². The average molecular weight is 236 g/mol. The Labute approximate surface area is 104 Å². The Morgan fingerprint density at radius 2 is 2.35 bits per heavy atom. The smallest absolute Gasteiger partial charge is 0.0948 e. The van der Waals surface area contributed by atoms with Crippen molar-refractivity contribution in [2.45, 2.75) is 38.3 Å². The molecule has 96 valence electrons. The summed E-state index contributed by atoms with van der Waals surface area (Å²) in [6.45, 7) is 3.36. The molecule has 0 bridgehead atoms. The number of nitrogens with zero attached hydrogens (tertiary/aromatic N) is 3. The Morgan fingerprint density at radius 1 is 1.47 bits per heavy atom. The van der Waals surface area contributed by atoms with Gasteiger partial charge in [-0.25, -0.2) is 4.98 Å². The highest BCUT2D eigenvalue weighted by Crippen LogP contribution is 2.22. The van der Waals surface area contributed by atoms with Crippen LogP contribution in [0.25, 0.3) is 0 Å². The fraction of sp³-hybridized carbons (Fsp3) is 0.769. The van der Waals surface area contributed by atoms with Crippen molar-refractivity contribution in [1.29, 1.82) is 0 Å². The predicted octanol–water partition coefficient (Wildman–Crippen LogP) is 1.65. The SMILES string of the molecule is CN(C)CCCn1cncc1C1CCCCN1. The number of nitrogens with one attached hydrogen (secondary N) is 1. The third-order valence-corrected chi connectivity index (χ3v) is 3.42. The number of hydrogen-bond donors (Lipinski definition) is 1. The summed E-state index contributed by atoms with van der Waals surface area (Å²) in [7, 11) is 4.25. The molecule has 4 heteroatoms. The van der Waals surface area contributed by atoms with E-state index in [4.69, 9.17) is 0 Å². The van der Waals surface area contributed by atoms with Gasteiger partial charge < -0.3 is 14.8 Å². The summed E-state index contributed by atoms with van der Waals surface area (Å²) in [6, 6.07) is 0.519. The Morgan fingerprint density at radius 3 is 3.06 bits per heavy atom. The zero-order valence-electron chi connectivity index (χ0n) is 11.0. The normalized spacial score (nSPS) is 21.0. The van der Waals surface area contributed by atoms with Gasteiger partial charge in [0.2, 0.25) is 0 Å². The van der Waals surface area contributed by atoms with Gasteiger partial charge in [0, 0.05) is 18.8 Å². The minimum absolute atomic E-state index is 0.519. The van der Waals surface area contributed by atoms with E-state index in [1.807, 2.05) is 12.5 Å². The van der Waals surface area contributed by atoms with Crippen LogP contribution in [0.2, 0.25) is 0 Å². The average Bonchev–Trinajstić information content (AvgIpc) is 2.78. The number of aryl methyl sites for hydroxylation is 1. The second-order valence-electron chi connectivity index (χ2n) is 5.17. The summed E-state index contributed by atoms with van der Waals surface area (Å²) in [5.41, 5.74) is 1.36. The predicted molar refractivity (Wildman–Crippen MR) is 70.0 cm³/mol. The number of hydrogen-bond acceptors (Lipinski definition) is 3. The van der Waals surface area contributed by atoms with E-state index in [9.17, 15) is 0 Å². The Balaban J connectivity index is 1.91. The largest absolute Gasteiger partial charge is 0.333 e. The van der Waals surface area contributed by atoms with Crippen LogP contribution in [0.4, 0.5) is 0 Å². The molecule has 0 saturated carbocycles. The molecule has 0 radical (unpaired) electrons. The first-order valence-corrected chi connectivity index (χ1v) is 6.65. The van der Waals surface area contributed by atoms with E-state index in [-0.39, 0.29) is 0 Å². The molecule has 4 nitrogen and oxygen atoms in total. The van der Waals surface area contributed by atoms with Crippen LogP contribution < -0.4 is 5.32 Å². The van der Waals surface area contributed by atoms with Crippen LogP contribution in [-0.2, 0) is 6.54 Å². The monoisotopic (exact) mass is 236 g/mol. The van der Waals surface area contributed by atoms with Crippen molar-refractivity contribution in [1.82, 2.24) is 19.8 Å². The maximum absolute atomic E-state index is 4.30. The lowest BCUT2D eigenvalue weighted by molar-refractivity contribution is 0.369. The van der Waals surface area contributed by atoms with Gasteiger partial charge in [-0.05, 0) is 46.4 Å². The first-order chi connectivity index (χ1) is 8.27. The summed E-state index contributed by atoms with van der Waals surface area (Å²) in [5, 5.41) is 3.59. The number of rotatable bonds is 5. The van der Waals surface area contributed by atoms with Crippen molar-refractivity contribution in [3.8, 4) is 0 Å². The molecule has 1 aromatic rings. The molecule has 17 heavy (non-hydrogen) atoms. The molecule has 1 atom stereocenters. The van der Waals surface area contributed by atoms with Crippen LogP contribution in [0.3, 0.4) is 0 Å². The standard InChI is InChI=1S/C13H24N4/c1-16(2)8-5-9-17-11-14-10-13(17)12-6-3-4-7-15-12/h10-12,15H,3-9H2,1-2H3. The van der Waals surface area contributed by atoms with Crippen LogP contribution in [-0.4, -0.2) is 41.6 Å². The molecular weight excluding hydrogens is 212 g/mol. The Hall–Kier alpha value is -0.870. The topological polar surface area (TPSA) is 33.1 Å². The molecule has 1 fully saturated rings. The molecule has 0 spiro atoms. The van der Waals surface area contributed by atoms with Crippen molar-refractivity contribution >= 4 is 0 Å². The van der Waals surface area contributed by atoms with Gasteiger partial charge >= 0.3 is 0 Å². The molecule has 1 aliphatic heterocycles. The quantitative estimate of drug-likeness (QED) is 0.844. The highest BCUT2D eigenvalue weighted by Gasteiger charge is 2.17. The van der Waals surface area contributed by atoms with E-state index in [0.29, 0.717) is 6.04 Å². The fourth-order valence-corrected chi connectivity index (χ4v) is 2.47. The summed E-state index contributed by atoms with van der Waals surface area (Å²) < 4.78 is 2.31. The van der Waals surface area contributed by atoms with Gasteiger partial charge in [-0.3, -0.25) is 0 Å². The van der Waals surface area contributed by atoms with E-state index in [0.717, 1.165) is 19.6 Å². The second-order valence-corrected chi connectivity index (χ2v) is 5.17. The Bertz CT molecular complexity index is 326. The highest BCUT2D eigenvalue weighted by atomic mass is 15.1. The number of imidazole rings is 1. The van der Waals surface area contributed by atoms with Crippen LogP contribution >= 0.6 is 0 Å².